The van der Waals surface area contributed by atoms with E-state index in [9.17, 15) is 0 Å². The Morgan fingerprint density at radius 2 is 1.50 bits per heavy atom. The number of hydrogen-bond donors (Lipinski definition) is 0. The summed E-state index contributed by atoms with van der Waals surface area (Å²) in [5.74, 6) is 1.95. The zero-order valence-electron chi connectivity index (χ0n) is 6.55. The van der Waals surface area contributed by atoms with E-state index in [1.54, 1.807) is 0 Å². The van der Waals surface area contributed by atoms with Crippen molar-refractivity contribution in [2.45, 2.75) is 38.5 Å². The summed E-state index contributed by atoms with van der Waals surface area (Å²) >= 11 is 0. The maximum Gasteiger partial charge on any atom is -0.0324 e. The molecular weight excluding hydrogens is 120 g/mol. The lowest BCUT2D eigenvalue weighted by atomic mass is 9.71. The van der Waals surface area contributed by atoms with E-state index in [4.69, 9.17) is 0 Å². The molecular formula is C10H16. The van der Waals surface area contributed by atoms with Crippen LogP contribution in [0.5, 0.6) is 0 Å². The minimum absolute atomic E-state index is 0.905. The van der Waals surface area contributed by atoms with Crippen molar-refractivity contribution in [2.24, 2.45) is 11.8 Å². The summed E-state index contributed by atoms with van der Waals surface area (Å²) in [4.78, 5) is 0. The summed E-state index contributed by atoms with van der Waals surface area (Å²) in [7, 11) is 0. The Morgan fingerprint density at radius 3 is 2.00 bits per heavy atom. The van der Waals surface area contributed by atoms with Gasteiger partial charge in [0.05, 0.1) is 0 Å². The molecule has 2 fully saturated rings. The molecule has 0 atom stereocenters. The third-order valence-electron chi connectivity index (χ3n) is 2.98. The highest BCUT2D eigenvalue weighted by atomic mass is 14.3. The summed E-state index contributed by atoms with van der Waals surface area (Å²) < 4.78 is 0. The van der Waals surface area contributed by atoms with Crippen LogP contribution >= 0.6 is 0 Å². The Morgan fingerprint density at radius 1 is 0.900 bits per heavy atom. The van der Waals surface area contributed by atoms with Crippen molar-refractivity contribution in [1.82, 2.24) is 0 Å². The summed E-state index contributed by atoms with van der Waals surface area (Å²) in [6.45, 7) is 0. The minimum Gasteiger partial charge on any atom is -0.0527 e. The predicted octanol–water partition coefficient (Wildman–Crippen LogP) is 3.00. The normalized spacial score (nSPS) is 40.8. The van der Waals surface area contributed by atoms with Crippen molar-refractivity contribution in [1.29, 1.82) is 0 Å². The molecule has 0 aromatic carbocycles. The first-order valence-electron chi connectivity index (χ1n) is 4.63. The van der Waals surface area contributed by atoms with Crippen molar-refractivity contribution in [3.8, 4) is 0 Å². The molecule has 2 saturated carbocycles. The zero-order chi connectivity index (χ0) is 6.81. The third-order valence-corrected chi connectivity index (χ3v) is 2.98. The van der Waals surface area contributed by atoms with Crippen LogP contribution in [0.25, 0.3) is 0 Å². The average Bonchev–Trinajstić information content (AvgIpc) is 2.05. The van der Waals surface area contributed by atoms with Gasteiger partial charge in [0.2, 0.25) is 0 Å². The molecule has 0 amide bonds. The molecule has 0 saturated heterocycles. The molecule has 0 aromatic rings. The molecule has 0 aromatic heterocycles. The molecule has 0 heteroatoms. The average molecular weight is 136 g/mol. The van der Waals surface area contributed by atoms with Gasteiger partial charge in [0.1, 0.15) is 0 Å². The highest BCUT2D eigenvalue weighted by Crippen LogP contribution is 2.38. The van der Waals surface area contributed by atoms with Gasteiger partial charge in [-0.25, -0.2) is 0 Å². The molecule has 2 rings (SSSR count). The maximum absolute atomic E-state index is 2.54. The maximum atomic E-state index is 2.54. The highest BCUT2D eigenvalue weighted by molar-refractivity contribution is 4.97. The Balaban J connectivity index is 1.93. The van der Waals surface area contributed by atoms with Crippen LogP contribution in [0.2, 0.25) is 0 Å². The lowest BCUT2D eigenvalue weighted by molar-refractivity contribution is 0.268. The summed E-state index contributed by atoms with van der Waals surface area (Å²) in [5.41, 5.74) is 0. The second-order valence-electron chi connectivity index (χ2n) is 3.67. The fourth-order valence-electron chi connectivity index (χ4n) is 2.39. The quantitative estimate of drug-likeness (QED) is 0.480. The van der Waals surface area contributed by atoms with Crippen LogP contribution in [0.1, 0.15) is 38.5 Å². The first kappa shape index (κ1) is 6.69. The van der Waals surface area contributed by atoms with Crippen LogP contribution in [-0.4, -0.2) is 0 Å². The van der Waals surface area contributed by atoms with E-state index in [-0.39, 0.29) is 0 Å². The molecule has 2 aliphatic rings. The molecule has 0 bridgehead atoms. The van der Waals surface area contributed by atoms with Crippen molar-refractivity contribution < 1.29 is 0 Å². The highest BCUT2D eigenvalue weighted by Gasteiger charge is 2.27. The number of hydrogen-bond acceptors (Lipinski definition) is 0. The molecule has 56 valence electrons. The summed E-state index contributed by atoms with van der Waals surface area (Å²) in [5, 5.41) is 0. The van der Waals surface area contributed by atoms with E-state index in [0.29, 0.717) is 0 Å². The molecule has 0 aliphatic heterocycles. The van der Waals surface area contributed by atoms with E-state index in [0.717, 1.165) is 11.8 Å². The van der Waals surface area contributed by atoms with E-state index in [1.165, 1.54) is 38.5 Å². The molecule has 2 radical (unpaired) electrons. The fourth-order valence-corrected chi connectivity index (χ4v) is 2.39. The molecule has 0 unspecified atom stereocenters. The predicted molar refractivity (Wildman–Crippen MR) is 43.3 cm³/mol. The molecule has 0 nitrogen and oxygen atoms in total. The van der Waals surface area contributed by atoms with Crippen molar-refractivity contribution in [3.05, 3.63) is 12.8 Å². The van der Waals surface area contributed by atoms with E-state index < -0.39 is 0 Å². The van der Waals surface area contributed by atoms with Crippen molar-refractivity contribution >= 4 is 0 Å². The first-order chi connectivity index (χ1) is 4.97. The Kier molecular flexibility index (Phi) is 1.97. The van der Waals surface area contributed by atoms with Gasteiger partial charge in [-0.3, -0.25) is 0 Å². The van der Waals surface area contributed by atoms with Crippen LogP contribution < -0.4 is 0 Å². The molecule has 0 N–H and O–H groups in total. The largest absolute Gasteiger partial charge is 0.0527 e. The summed E-state index contributed by atoms with van der Waals surface area (Å²) in [6.07, 6.45) is 13.7. The summed E-state index contributed by atoms with van der Waals surface area (Å²) in [6, 6.07) is 0. The third kappa shape index (κ3) is 1.21. The van der Waals surface area contributed by atoms with Gasteiger partial charge in [-0.1, -0.05) is 25.7 Å². The van der Waals surface area contributed by atoms with Gasteiger partial charge >= 0.3 is 0 Å². The second-order valence-corrected chi connectivity index (χ2v) is 3.67. The van der Waals surface area contributed by atoms with Gasteiger partial charge in [-0.2, -0.15) is 0 Å². The standard InChI is InChI=1S/C10H16/c1-2-6-10-8-4-3-7-9(10)5-1/h5,7,9-10H,1-4,6,8H2. The lowest BCUT2D eigenvalue weighted by Crippen LogP contribution is -2.23. The minimum atomic E-state index is 0.905. The van der Waals surface area contributed by atoms with E-state index >= 15 is 0 Å². The van der Waals surface area contributed by atoms with Gasteiger partial charge in [0.25, 0.3) is 0 Å². The van der Waals surface area contributed by atoms with Gasteiger partial charge in [-0.15, -0.1) is 0 Å². The monoisotopic (exact) mass is 136 g/mol. The lowest BCUT2D eigenvalue weighted by Gasteiger charge is -2.34. The van der Waals surface area contributed by atoms with Crippen LogP contribution in [-0.2, 0) is 0 Å². The first-order valence-corrected chi connectivity index (χ1v) is 4.63. The Bertz CT molecular complexity index is 80.6. The van der Waals surface area contributed by atoms with Crippen molar-refractivity contribution in [2.75, 3.05) is 0 Å². The number of rotatable bonds is 0. The SMILES string of the molecule is [CH]1CCCC2CCC[CH]C12. The van der Waals surface area contributed by atoms with Crippen LogP contribution in [0.3, 0.4) is 0 Å². The van der Waals surface area contributed by atoms with E-state index in [2.05, 4.69) is 12.8 Å². The second kappa shape index (κ2) is 2.94. The number of fused-ring (bicyclic) bond motifs is 1. The molecule has 0 heterocycles. The molecule has 0 spiro atoms. The smallest absolute Gasteiger partial charge is 0.0324 e. The van der Waals surface area contributed by atoms with Gasteiger partial charge in [-0.05, 0) is 37.5 Å². The Labute approximate surface area is 64.0 Å². The topological polar surface area (TPSA) is 0 Å². The van der Waals surface area contributed by atoms with Crippen LogP contribution in [0.4, 0.5) is 0 Å². The fraction of sp³-hybridized carbons (Fsp3) is 0.800. The molecule has 10 heavy (non-hydrogen) atoms. The molecule has 2 aliphatic carbocycles. The van der Waals surface area contributed by atoms with Crippen LogP contribution in [0.15, 0.2) is 0 Å². The van der Waals surface area contributed by atoms with Gasteiger partial charge in [0.15, 0.2) is 0 Å². The zero-order valence-corrected chi connectivity index (χ0v) is 6.55. The Hall–Kier alpha value is 0. The van der Waals surface area contributed by atoms with Gasteiger partial charge in [0, 0.05) is 0 Å². The van der Waals surface area contributed by atoms with Crippen molar-refractivity contribution in [3.63, 3.8) is 0 Å². The van der Waals surface area contributed by atoms with Gasteiger partial charge < -0.3 is 0 Å². The van der Waals surface area contributed by atoms with E-state index in [1.807, 2.05) is 0 Å². The van der Waals surface area contributed by atoms with Crippen LogP contribution in [0, 0.1) is 24.7 Å².